The zero-order valence-electron chi connectivity index (χ0n) is 18.0. The highest BCUT2D eigenvalue weighted by Crippen LogP contribution is 2.38. The lowest BCUT2D eigenvalue weighted by molar-refractivity contribution is -0.385. The van der Waals surface area contributed by atoms with Crippen LogP contribution in [0.1, 0.15) is 15.9 Å². The van der Waals surface area contributed by atoms with E-state index in [1.54, 1.807) is 42.5 Å². The van der Waals surface area contributed by atoms with Gasteiger partial charge >= 0.3 is 0 Å². The molecule has 2 aliphatic rings. The molecule has 0 bridgehead atoms. The molecule has 3 aromatic rings. The van der Waals surface area contributed by atoms with Crippen LogP contribution in [0, 0.1) is 10.1 Å². The first kappa shape index (κ1) is 21.8. The van der Waals surface area contributed by atoms with E-state index in [1.807, 2.05) is 0 Å². The molecule has 11 nitrogen and oxygen atoms in total. The molecule has 0 spiro atoms. The van der Waals surface area contributed by atoms with Crippen molar-refractivity contribution in [2.24, 2.45) is 0 Å². The Morgan fingerprint density at radius 2 is 1.54 bits per heavy atom. The normalized spacial score (nSPS) is 13.0. The lowest BCUT2D eigenvalue weighted by Crippen LogP contribution is -2.17. The van der Waals surface area contributed by atoms with Gasteiger partial charge in [-0.25, -0.2) is 0 Å². The van der Waals surface area contributed by atoms with Gasteiger partial charge in [-0.15, -0.1) is 0 Å². The largest absolute Gasteiger partial charge is 0.454 e. The summed E-state index contributed by atoms with van der Waals surface area (Å²) in [5.74, 6) is 0.689. The number of carbonyl (C=O) groups is 2. The van der Waals surface area contributed by atoms with Crippen molar-refractivity contribution in [3.63, 3.8) is 0 Å². The minimum Gasteiger partial charge on any atom is -0.454 e. The molecule has 2 N–H and O–H groups in total. The van der Waals surface area contributed by atoms with Crippen LogP contribution in [0.4, 0.5) is 17.1 Å². The standard InChI is InChI=1S/C24H17N3O8/c28-23(8-5-14-9-20-22(35-13-33-20)11-18(14)27(30)31)26-17-4-2-1-3-16(17)24(29)25-15-6-7-19-21(10-15)34-12-32-19/h1-11H,12-13H2,(H,25,29)(H,26,28)/b8-5+. The second kappa shape index (κ2) is 9.06. The number of nitro benzene ring substituents is 1. The molecular weight excluding hydrogens is 458 g/mol. The number of amides is 2. The summed E-state index contributed by atoms with van der Waals surface area (Å²) in [5, 5.41) is 16.8. The van der Waals surface area contributed by atoms with Gasteiger partial charge in [-0.1, -0.05) is 12.1 Å². The second-order valence-corrected chi connectivity index (χ2v) is 7.41. The van der Waals surface area contributed by atoms with Gasteiger partial charge in [0, 0.05) is 17.8 Å². The van der Waals surface area contributed by atoms with E-state index >= 15 is 0 Å². The third kappa shape index (κ3) is 4.55. The average molecular weight is 475 g/mol. The Morgan fingerprint density at radius 1 is 0.857 bits per heavy atom. The van der Waals surface area contributed by atoms with E-state index in [1.165, 1.54) is 18.2 Å². The Balaban J connectivity index is 1.32. The lowest BCUT2D eigenvalue weighted by atomic mass is 10.1. The SMILES string of the molecule is O=C(/C=C/c1cc2c(cc1[N+](=O)[O-])OCO2)Nc1ccccc1C(=O)Nc1ccc2c(c1)OCO2. The summed E-state index contributed by atoms with van der Waals surface area (Å²) in [4.78, 5) is 36.3. The zero-order valence-corrected chi connectivity index (χ0v) is 18.0. The summed E-state index contributed by atoms with van der Waals surface area (Å²) in [6.45, 7) is 0.0791. The Labute approximate surface area is 198 Å². The maximum absolute atomic E-state index is 12.9. The van der Waals surface area contributed by atoms with E-state index in [-0.39, 0.29) is 41.8 Å². The molecule has 5 rings (SSSR count). The Kier molecular flexibility index (Phi) is 5.63. The van der Waals surface area contributed by atoms with Gasteiger partial charge in [-0.05, 0) is 36.4 Å². The number of nitrogens with zero attached hydrogens (tertiary/aromatic N) is 1. The molecule has 2 amide bonds. The van der Waals surface area contributed by atoms with Gasteiger partial charge in [-0.2, -0.15) is 0 Å². The molecule has 0 radical (unpaired) electrons. The highest BCUT2D eigenvalue weighted by molar-refractivity contribution is 6.12. The number of anilines is 2. The number of fused-ring (bicyclic) bond motifs is 2. The van der Waals surface area contributed by atoms with Crippen LogP contribution in [0.5, 0.6) is 23.0 Å². The molecule has 0 atom stereocenters. The van der Waals surface area contributed by atoms with E-state index in [9.17, 15) is 19.7 Å². The van der Waals surface area contributed by atoms with Crippen LogP contribution in [-0.4, -0.2) is 30.3 Å². The van der Waals surface area contributed by atoms with E-state index in [0.717, 1.165) is 6.08 Å². The van der Waals surface area contributed by atoms with Crippen molar-refractivity contribution in [3.05, 3.63) is 81.9 Å². The number of benzene rings is 3. The molecule has 0 aliphatic carbocycles. The third-order valence-electron chi connectivity index (χ3n) is 5.19. The fraction of sp³-hybridized carbons (Fsp3) is 0.0833. The molecule has 35 heavy (non-hydrogen) atoms. The molecule has 3 aromatic carbocycles. The molecule has 176 valence electrons. The molecule has 2 heterocycles. The van der Waals surface area contributed by atoms with Crippen LogP contribution >= 0.6 is 0 Å². The van der Waals surface area contributed by atoms with Gasteiger partial charge in [0.25, 0.3) is 11.6 Å². The number of ether oxygens (including phenoxy) is 4. The summed E-state index contributed by atoms with van der Waals surface area (Å²) in [7, 11) is 0. The molecular formula is C24H17N3O8. The number of hydrogen-bond donors (Lipinski definition) is 2. The van der Waals surface area contributed by atoms with E-state index in [0.29, 0.717) is 22.9 Å². The minimum absolute atomic E-state index is 0.0365. The molecule has 0 aromatic heterocycles. The van der Waals surface area contributed by atoms with E-state index < -0.39 is 16.7 Å². The molecule has 0 fully saturated rings. The Bertz CT molecular complexity index is 1390. The Morgan fingerprint density at radius 3 is 2.31 bits per heavy atom. The summed E-state index contributed by atoms with van der Waals surface area (Å²) >= 11 is 0. The van der Waals surface area contributed by atoms with Gasteiger partial charge < -0.3 is 29.6 Å². The second-order valence-electron chi connectivity index (χ2n) is 7.41. The molecule has 0 unspecified atom stereocenters. The van der Waals surface area contributed by atoms with Gasteiger partial charge in [0.2, 0.25) is 19.5 Å². The first-order chi connectivity index (χ1) is 17.0. The van der Waals surface area contributed by atoms with Crippen LogP contribution in [0.15, 0.2) is 60.7 Å². The topological polar surface area (TPSA) is 138 Å². The number of hydrogen-bond acceptors (Lipinski definition) is 8. The van der Waals surface area contributed by atoms with E-state index in [2.05, 4.69) is 10.6 Å². The van der Waals surface area contributed by atoms with E-state index in [4.69, 9.17) is 18.9 Å². The molecule has 0 saturated heterocycles. The summed E-state index contributed by atoms with van der Waals surface area (Å²) < 4.78 is 21.0. The highest BCUT2D eigenvalue weighted by Gasteiger charge is 2.22. The summed E-state index contributed by atoms with van der Waals surface area (Å²) in [6, 6.07) is 14.1. The van der Waals surface area contributed by atoms with Gasteiger partial charge in [0.15, 0.2) is 23.0 Å². The highest BCUT2D eigenvalue weighted by atomic mass is 16.7. The average Bonchev–Trinajstić information content (AvgIpc) is 3.51. The van der Waals surface area contributed by atoms with Crippen molar-refractivity contribution in [3.8, 4) is 23.0 Å². The monoisotopic (exact) mass is 475 g/mol. The van der Waals surface area contributed by atoms with Crippen molar-refractivity contribution in [1.82, 2.24) is 0 Å². The van der Waals surface area contributed by atoms with Gasteiger partial charge in [0.05, 0.1) is 27.8 Å². The predicted octanol–water partition coefficient (Wildman–Crippen LogP) is 3.96. The molecule has 2 aliphatic heterocycles. The summed E-state index contributed by atoms with van der Waals surface area (Å²) in [5.41, 5.74) is 0.919. The van der Waals surface area contributed by atoms with Crippen molar-refractivity contribution >= 4 is 35.0 Å². The van der Waals surface area contributed by atoms with Crippen molar-refractivity contribution < 1.29 is 33.5 Å². The van der Waals surface area contributed by atoms with Crippen molar-refractivity contribution in [2.45, 2.75) is 0 Å². The number of nitro groups is 1. The van der Waals surface area contributed by atoms with Gasteiger partial charge in [0.1, 0.15) is 0 Å². The lowest BCUT2D eigenvalue weighted by Gasteiger charge is -2.11. The minimum atomic E-state index is -0.583. The smallest absolute Gasteiger partial charge is 0.280 e. The maximum Gasteiger partial charge on any atom is 0.280 e. The fourth-order valence-corrected chi connectivity index (χ4v) is 3.54. The molecule has 11 heteroatoms. The van der Waals surface area contributed by atoms with Crippen LogP contribution in [0.25, 0.3) is 6.08 Å². The van der Waals surface area contributed by atoms with Gasteiger partial charge in [-0.3, -0.25) is 19.7 Å². The first-order valence-electron chi connectivity index (χ1n) is 10.3. The van der Waals surface area contributed by atoms with Crippen molar-refractivity contribution in [1.29, 1.82) is 0 Å². The first-order valence-corrected chi connectivity index (χ1v) is 10.3. The maximum atomic E-state index is 12.9. The third-order valence-corrected chi connectivity index (χ3v) is 5.19. The number of para-hydroxylation sites is 1. The van der Waals surface area contributed by atoms with Crippen LogP contribution < -0.4 is 29.6 Å². The Hall–Kier alpha value is -5.06. The number of nitrogens with one attached hydrogen (secondary N) is 2. The summed E-state index contributed by atoms with van der Waals surface area (Å²) in [6.07, 6.45) is 2.43. The predicted molar refractivity (Wildman–Crippen MR) is 124 cm³/mol. The number of carbonyl (C=O) groups excluding carboxylic acids is 2. The number of rotatable bonds is 6. The van der Waals surface area contributed by atoms with Crippen molar-refractivity contribution in [2.75, 3.05) is 24.2 Å². The van der Waals surface area contributed by atoms with Crippen LogP contribution in [0.2, 0.25) is 0 Å². The quantitative estimate of drug-likeness (QED) is 0.310. The van der Waals surface area contributed by atoms with Crippen LogP contribution in [0.3, 0.4) is 0 Å². The fourth-order valence-electron chi connectivity index (χ4n) is 3.54. The molecule has 0 saturated carbocycles. The zero-order chi connectivity index (χ0) is 24.4. The van der Waals surface area contributed by atoms with Crippen LogP contribution in [-0.2, 0) is 4.79 Å².